The maximum absolute atomic E-state index is 6.81. The van der Waals surface area contributed by atoms with Crippen LogP contribution in [0.25, 0.3) is 0 Å². The maximum atomic E-state index is 6.81. The first kappa shape index (κ1) is 19.0. The average Bonchev–Trinajstić information content (AvgIpc) is 2.36. The molecule has 0 aromatic carbocycles. The van der Waals surface area contributed by atoms with Crippen molar-refractivity contribution in [1.29, 1.82) is 0 Å². The van der Waals surface area contributed by atoms with Crippen LogP contribution >= 0.6 is 117 Å². The summed E-state index contributed by atoms with van der Waals surface area (Å²) in [5.41, 5.74) is 0. The Bertz CT molecular complexity index is 337. The zero-order valence-corrected chi connectivity index (χ0v) is 18.7. The van der Waals surface area contributed by atoms with Crippen molar-refractivity contribution in [3.63, 3.8) is 0 Å². The van der Waals surface area contributed by atoms with E-state index >= 15 is 0 Å². The Kier molecular flexibility index (Phi) is 7.52. The lowest BCUT2D eigenvalue weighted by Gasteiger charge is -2.54. The van der Waals surface area contributed by atoms with Gasteiger partial charge >= 0.3 is 0 Å². The molecule has 4 heterocycles. The fraction of sp³-hybridized carbons (Fsp3) is 1.00. The number of halogens is 4. The zero-order valence-electron chi connectivity index (χ0n) is 10.8. The molecule has 0 aromatic heterocycles. The van der Waals surface area contributed by atoms with Crippen molar-refractivity contribution in [3.05, 3.63) is 0 Å². The summed E-state index contributed by atoms with van der Waals surface area (Å²) in [6, 6.07) is 0. The van der Waals surface area contributed by atoms with Crippen LogP contribution in [0.1, 0.15) is 19.3 Å². The molecule has 0 aromatic rings. The summed E-state index contributed by atoms with van der Waals surface area (Å²) in [6.07, 6.45) is 2.40. The van der Waals surface area contributed by atoms with Crippen LogP contribution < -0.4 is 0 Å². The van der Waals surface area contributed by atoms with Crippen LogP contribution in [-0.2, 0) is 0 Å². The monoisotopic (exact) mass is 478 g/mol. The predicted molar refractivity (Wildman–Crippen MR) is 113 cm³/mol. The Hall–Kier alpha value is 3.26. The molecule has 0 nitrogen and oxygen atoms in total. The third-order valence-corrected chi connectivity index (χ3v) is 16.3. The van der Waals surface area contributed by atoms with Crippen LogP contribution in [0.4, 0.5) is 0 Å². The van der Waals surface area contributed by atoms with Crippen molar-refractivity contribution >= 4 is 117 Å². The van der Waals surface area contributed by atoms with Gasteiger partial charge in [0.05, 0.1) is 5.38 Å². The van der Waals surface area contributed by atoms with Crippen molar-refractivity contribution in [3.8, 4) is 0 Å². The van der Waals surface area contributed by atoms with Gasteiger partial charge in [0.15, 0.2) is 0 Å². The van der Waals surface area contributed by atoms with Gasteiger partial charge in [0.2, 0.25) is 0 Å². The number of hydrogen-bond acceptors (Lipinski definition) is 6. The van der Waals surface area contributed by atoms with Crippen LogP contribution in [0.15, 0.2) is 0 Å². The zero-order chi connectivity index (χ0) is 15.0. The maximum Gasteiger partial charge on any atom is 0.128 e. The molecule has 4 rings (SSSR count). The summed E-state index contributed by atoms with van der Waals surface area (Å²) in [4.78, 5) is 0. The second-order valence-corrected chi connectivity index (χ2v) is 18.1. The molecule has 122 valence electrons. The fourth-order valence-electron chi connectivity index (χ4n) is 2.22. The molecule has 4 aliphatic rings. The molecule has 0 amide bonds. The first-order chi connectivity index (χ1) is 10.0. The van der Waals surface area contributed by atoms with Crippen LogP contribution in [0, 0.1) is 0 Å². The lowest BCUT2D eigenvalue weighted by Crippen LogP contribution is -2.43. The molecule has 0 aliphatic carbocycles. The van der Waals surface area contributed by atoms with Gasteiger partial charge in [0.25, 0.3) is 0 Å². The van der Waals surface area contributed by atoms with Gasteiger partial charge in [-0.25, -0.2) is 0 Å². The topological polar surface area (TPSA) is 0 Å². The van der Waals surface area contributed by atoms with Gasteiger partial charge in [0.1, 0.15) is 15.2 Å². The van der Waals surface area contributed by atoms with E-state index in [1.165, 1.54) is 0 Å². The van der Waals surface area contributed by atoms with Crippen molar-refractivity contribution in [2.75, 3.05) is 5.88 Å². The Balaban J connectivity index is 1.56. The third-order valence-electron chi connectivity index (χ3n) is 3.23. The molecule has 4 bridgehead atoms. The van der Waals surface area contributed by atoms with E-state index in [4.69, 9.17) is 46.4 Å². The predicted octanol–water partition coefficient (Wildman–Crippen LogP) is 7.16. The summed E-state index contributed by atoms with van der Waals surface area (Å²) >= 11 is 37.6. The van der Waals surface area contributed by atoms with Gasteiger partial charge in [-0.15, -0.1) is 117 Å². The highest BCUT2D eigenvalue weighted by atomic mass is 35.5. The van der Waals surface area contributed by atoms with E-state index in [2.05, 4.69) is 35.3 Å². The van der Waals surface area contributed by atoms with Gasteiger partial charge in [-0.1, -0.05) is 0 Å². The number of rotatable bonds is 7. The molecule has 3 unspecified atom stereocenters. The summed E-state index contributed by atoms with van der Waals surface area (Å²) < 4.78 is 1.98. The van der Waals surface area contributed by atoms with Crippen LogP contribution in [0.3, 0.4) is 0 Å². The van der Waals surface area contributed by atoms with Gasteiger partial charge < -0.3 is 0 Å². The molecule has 4 fully saturated rings. The molecule has 10 heteroatoms. The minimum atomic E-state index is 0.0287. The molecular weight excluding hydrogens is 466 g/mol. The number of thioether (sulfide) groups is 6. The van der Waals surface area contributed by atoms with Crippen molar-refractivity contribution in [2.24, 2.45) is 0 Å². The average molecular weight is 480 g/mol. The summed E-state index contributed by atoms with van der Waals surface area (Å²) in [5.74, 6) is 0.588. The first-order valence-electron chi connectivity index (χ1n) is 6.49. The Morgan fingerprint density at radius 2 is 1.33 bits per heavy atom. The highest BCUT2D eigenvalue weighted by Crippen LogP contribution is 2.78. The van der Waals surface area contributed by atoms with Crippen LogP contribution in [0.5, 0.6) is 0 Å². The van der Waals surface area contributed by atoms with E-state index in [0.29, 0.717) is 17.6 Å². The van der Waals surface area contributed by atoms with Gasteiger partial charge in [-0.2, -0.15) is 0 Å². The number of hydrogen-bond donors (Lipinski definition) is 0. The molecule has 3 atom stereocenters. The number of alkyl halides is 4. The highest BCUT2D eigenvalue weighted by Gasteiger charge is 2.58. The summed E-state index contributed by atoms with van der Waals surface area (Å²) in [7, 11) is 0. The second kappa shape index (κ2) is 8.30. The molecule has 4 aliphatic heterocycles. The Labute approximate surface area is 171 Å². The Morgan fingerprint density at radius 3 is 1.81 bits per heavy atom. The highest BCUT2D eigenvalue weighted by molar-refractivity contribution is 8.63. The molecular formula is C11H14Cl4S6. The largest absolute Gasteiger partial charge is 0.128 e. The molecule has 0 N–H and O–H groups in total. The third kappa shape index (κ3) is 4.71. The van der Waals surface area contributed by atoms with E-state index < -0.39 is 0 Å². The molecule has 0 spiro atoms. The smallest absolute Gasteiger partial charge is 0.127 e. The van der Waals surface area contributed by atoms with E-state index in [0.717, 1.165) is 19.3 Å². The molecule has 21 heavy (non-hydrogen) atoms. The first-order valence-corrected chi connectivity index (χ1v) is 13.8. The Morgan fingerprint density at radius 1 is 0.810 bits per heavy atom. The minimum absolute atomic E-state index is 0.0287. The molecule has 0 radical (unpaired) electrons. The van der Waals surface area contributed by atoms with Crippen molar-refractivity contribution < 1.29 is 0 Å². The van der Waals surface area contributed by atoms with E-state index in [1.807, 2.05) is 35.3 Å². The van der Waals surface area contributed by atoms with Crippen molar-refractivity contribution in [1.82, 2.24) is 0 Å². The van der Waals surface area contributed by atoms with E-state index in [-0.39, 0.29) is 19.5 Å². The summed E-state index contributed by atoms with van der Waals surface area (Å²) in [6.45, 7) is 0. The molecule has 4 saturated heterocycles. The second-order valence-electron chi connectivity index (χ2n) is 4.84. The van der Waals surface area contributed by atoms with Crippen molar-refractivity contribution in [2.45, 2.75) is 50.5 Å². The van der Waals surface area contributed by atoms with E-state index in [1.54, 1.807) is 0 Å². The van der Waals surface area contributed by atoms with Gasteiger partial charge in [-0.3, -0.25) is 0 Å². The SMILES string of the molecule is ClCCC(Cl)CC(Cl)CC(Cl)C12SC3SC(SC(S3)S1)S2. The lowest BCUT2D eigenvalue weighted by molar-refractivity contribution is 0.635. The fourth-order valence-corrected chi connectivity index (χ4v) is 22.2. The molecule has 0 saturated carbocycles. The minimum Gasteiger partial charge on any atom is -0.127 e. The normalized spacial score (nSPS) is 42.0. The summed E-state index contributed by atoms with van der Waals surface area (Å²) in [5, 5.41) is 0.163. The standard InChI is InChI=1S/C11H14Cl4S6/c12-2-1-5(13)3-6(14)4-7(15)11-19-8-16-9(20-11)18-10(17-8)21-11/h5-10H,1-4H2. The van der Waals surface area contributed by atoms with Crippen LogP contribution in [0.2, 0.25) is 0 Å². The van der Waals surface area contributed by atoms with E-state index in [9.17, 15) is 0 Å². The quantitative estimate of drug-likeness (QED) is 0.352. The van der Waals surface area contributed by atoms with Crippen LogP contribution in [-0.4, -0.2) is 37.2 Å². The van der Waals surface area contributed by atoms with Gasteiger partial charge in [-0.05, 0) is 19.3 Å². The van der Waals surface area contributed by atoms with Gasteiger partial charge in [0, 0.05) is 16.6 Å². The lowest BCUT2D eigenvalue weighted by atomic mass is 10.1.